The molecule has 1 aliphatic carbocycles. The average Bonchev–Trinajstić information content (AvgIpc) is 3.29. The molecule has 2 rings (SSSR count). The Morgan fingerprint density at radius 2 is 2.15 bits per heavy atom. The quantitative estimate of drug-likeness (QED) is 0.638. The molecular weight excluding hydrogens is 254 g/mol. The number of hydrogen-bond acceptors (Lipinski definition) is 3. The van der Waals surface area contributed by atoms with Crippen molar-refractivity contribution in [2.45, 2.75) is 32.4 Å². The summed E-state index contributed by atoms with van der Waals surface area (Å²) in [5.41, 5.74) is 7.03. The summed E-state index contributed by atoms with van der Waals surface area (Å²) in [4.78, 5) is 6.48. The molecule has 1 fully saturated rings. The van der Waals surface area contributed by atoms with E-state index in [2.05, 4.69) is 4.99 Å². The third-order valence-electron chi connectivity index (χ3n) is 3.41. The van der Waals surface area contributed by atoms with Gasteiger partial charge in [-0.25, -0.2) is 4.99 Å². The molecule has 1 aromatic carbocycles. The third-order valence-corrected chi connectivity index (χ3v) is 3.41. The van der Waals surface area contributed by atoms with Crippen molar-refractivity contribution in [3.05, 3.63) is 23.8 Å². The van der Waals surface area contributed by atoms with Crippen LogP contribution in [0.4, 0.5) is 0 Å². The van der Waals surface area contributed by atoms with Crippen molar-refractivity contribution in [1.29, 1.82) is 0 Å². The molecule has 0 saturated heterocycles. The molecule has 1 aliphatic rings. The van der Waals surface area contributed by atoms with Gasteiger partial charge in [-0.2, -0.15) is 0 Å². The molecule has 1 saturated carbocycles. The highest BCUT2D eigenvalue weighted by atomic mass is 16.5. The smallest absolute Gasteiger partial charge is 0.191 e. The lowest BCUT2D eigenvalue weighted by atomic mass is 10.2. The summed E-state index contributed by atoms with van der Waals surface area (Å²) >= 11 is 0. The van der Waals surface area contributed by atoms with E-state index in [0.29, 0.717) is 25.2 Å². The highest BCUT2D eigenvalue weighted by Gasteiger charge is 2.27. The normalized spacial score (nSPS) is 15.1. The van der Waals surface area contributed by atoms with Gasteiger partial charge in [-0.3, -0.25) is 0 Å². The van der Waals surface area contributed by atoms with Gasteiger partial charge in [-0.05, 0) is 37.5 Å². The van der Waals surface area contributed by atoms with Crippen molar-refractivity contribution in [1.82, 2.24) is 4.90 Å². The second-order valence-electron chi connectivity index (χ2n) is 4.93. The molecule has 1 aromatic rings. The minimum atomic E-state index is 0.547. The molecule has 0 aliphatic heterocycles. The molecule has 0 heterocycles. The second kappa shape index (κ2) is 6.50. The fourth-order valence-electron chi connectivity index (χ4n) is 2.02. The summed E-state index contributed by atoms with van der Waals surface area (Å²) in [7, 11) is 3.63. The van der Waals surface area contributed by atoms with Gasteiger partial charge in [0.1, 0.15) is 0 Å². The Kier molecular flexibility index (Phi) is 4.71. The van der Waals surface area contributed by atoms with Crippen LogP contribution in [-0.2, 0) is 6.54 Å². The van der Waals surface area contributed by atoms with E-state index >= 15 is 0 Å². The highest BCUT2D eigenvalue weighted by molar-refractivity contribution is 5.78. The average molecular weight is 277 g/mol. The summed E-state index contributed by atoms with van der Waals surface area (Å²) in [6.45, 7) is 3.12. The molecule has 0 unspecified atom stereocenters. The van der Waals surface area contributed by atoms with Crippen LogP contribution in [-0.4, -0.2) is 37.7 Å². The van der Waals surface area contributed by atoms with Crippen LogP contribution in [0.3, 0.4) is 0 Å². The maximum atomic E-state index is 5.97. The van der Waals surface area contributed by atoms with E-state index in [1.165, 1.54) is 12.8 Å². The van der Waals surface area contributed by atoms with E-state index < -0.39 is 0 Å². The van der Waals surface area contributed by atoms with Gasteiger partial charge in [0.05, 0.1) is 20.3 Å². The molecule has 0 bridgehead atoms. The summed E-state index contributed by atoms with van der Waals surface area (Å²) < 4.78 is 10.8. The molecule has 5 nitrogen and oxygen atoms in total. The van der Waals surface area contributed by atoms with E-state index in [-0.39, 0.29) is 0 Å². The molecule has 20 heavy (non-hydrogen) atoms. The first-order valence-electron chi connectivity index (χ1n) is 6.98. The molecule has 0 radical (unpaired) electrons. The summed E-state index contributed by atoms with van der Waals surface area (Å²) in [6, 6.07) is 6.42. The minimum absolute atomic E-state index is 0.547. The molecule has 0 atom stereocenters. The van der Waals surface area contributed by atoms with E-state index in [1.54, 1.807) is 7.11 Å². The predicted molar refractivity (Wildman–Crippen MR) is 80.3 cm³/mol. The van der Waals surface area contributed by atoms with Crippen LogP contribution in [0.1, 0.15) is 25.3 Å². The lowest BCUT2D eigenvalue weighted by Crippen LogP contribution is -2.35. The SMILES string of the molecule is CCOc1ccc(CN=C(N)N(C)C2CC2)cc1OC. The first-order valence-corrected chi connectivity index (χ1v) is 6.98. The molecule has 0 aromatic heterocycles. The van der Waals surface area contributed by atoms with Crippen molar-refractivity contribution in [2.24, 2.45) is 10.7 Å². The lowest BCUT2D eigenvalue weighted by Gasteiger charge is -2.17. The van der Waals surface area contributed by atoms with E-state index in [9.17, 15) is 0 Å². The molecule has 0 spiro atoms. The van der Waals surface area contributed by atoms with Crippen LogP contribution in [0.25, 0.3) is 0 Å². The third kappa shape index (κ3) is 3.56. The first kappa shape index (κ1) is 14.5. The number of benzene rings is 1. The lowest BCUT2D eigenvalue weighted by molar-refractivity contribution is 0.310. The zero-order chi connectivity index (χ0) is 14.5. The number of hydrogen-bond donors (Lipinski definition) is 1. The number of nitrogens with two attached hydrogens (primary N) is 1. The summed E-state index contributed by atoms with van der Waals surface area (Å²) in [5.74, 6) is 2.08. The Balaban J connectivity index is 2.03. The topological polar surface area (TPSA) is 60.1 Å². The van der Waals surface area contributed by atoms with Gasteiger partial charge in [-0.15, -0.1) is 0 Å². The molecule has 5 heteroatoms. The van der Waals surface area contributed by atoms with Gasteiger partial charge in [-0.1, -0.05) is 6.07 Å². The zero-order valence-electron chi connectivity index (χ0n) is 12.4. The standard InChI is InChI=1S/C15H23N3O2/c1-4-20-13-8-5-11(9-14(13)19-3)10-17-15(16)18(2)12-6-7-12/h5,8-9,12H,4,6-7,10H2,1-3H3,(H2,16,17). The van der Waals surface area contributed by atoms with Crippen molar-refractivity contribution in [3.8, 4) is 11.5 Å². The van der Waals surface area contributed by atoms with E-state index in [1.807, 2.05) is 37.1 Å². The van der Waals surface area contributed by atoms with Crippen LogP contribution in [0, 0.1) is 0 Å². The van der Waals surface area contributed by atoms with Crippen LogP contribution in [0.2, 0.25) is 0 Å². The number of guanidine groups is 1. The fraction of sp³-hybridized carbons (Fsp3) is 0.533. The van der Waals surface area contributed by atoms with Gasteiger partial charge >= 0.3 is 0 Å². The van der Waals surface area contributed by atoms with E-state index in [4.69, 9.17) is 15.2 Å². The Bertz CT molecular complexity index is 484. The number of methoxy groups -OCH3 is 1. The van der Waals surface area contributed by atoms with Crippen LogP contribution >= 0.6 is 0 Å². The van der Waals surface area contributed by atoms with Gasteiger partial charge in [0.15, 0.2) is 17.5 Å². The maximum Gasteiger partial charge on any atom is 0.191 e. The van der Waals surface area contributed by atoms with Gasteiger partial charge in [0, 0.05) is 13.1 Å². The highest BCUT2D eigenvalue weighted by Crippen LogP contribution is 2.28. The molecule has 2 N–H and O–H groups in total. The van der Waals surface area contributed by atoms with Crippen molar-refractivity contribution < 1.29 is 9.47 Å². The van der Waals surface area contributed by atoms with Crippen LogP contribution in [0.15, 0.2) is 23.2 Å². The molecule has 0 amide bonds. The first-order chi connectivity index (χ1) is 9.65. The fourth-order valence-corrected chi connectivity index (χ4v) is 2.02. The molecular formula is C15H23N3O2. The van der Waals surface area contributed by atoms with Crippen molar-refractivity contribution in [2.75, 3.05) is 20.8 Å². The Morgan fingerprint density at radius 3 is 2.75 bits per heavy atom. The van der Waals surface area contributed by atoms with Gasteiger partial charge < -0.3 is 20.1 Å². The zero-order valence-corrected chi connectivity index (χ0v) is 12.4. The van der Waals surface area contributed by atoms with Gasteiger partial charge in [0.25, 0.3) is 0 Å². The summed E-state index contributed by atoms with van der Waals surface area (Å²) in [6.07, 6.45) is 2.42. The number of aliphatic imine (C=N–C) groups is 1. The monoisotopic (exact) mass is 277 g/mol. The second-order valence-corrected chi connectivity index (χ2v) is 4.93. The number of rotatable bonds is 6. The predicted octanol–water partition coefficient (Wildman–Crippen LogP) is 2.00. The van der Waals surface area contributed by atoms with E-state index in [0.717, 1.165) is 17.1 Å². The minimum Gasteiger partial charge on any atom is -0.493 e. The maximum absolute atomic E-state index is 5.97. The number of ether oxygens (including phenoxy) is 2. The Morgan fingerprint density at radius 1 is 1.40 bits per heavy atom. The molecule has 110 valence electrons. The van der Waals surface area contributed by atoms with Crippen molar-refractivity contribution in [3.63, 3.8) is 0 Å². The van der Waals surface area contributed by atoms with Crippen LogP contribution in [0.5, 0.6) is 11.5 Å². The number of nitrogens with zero attached hydrogens (tertiary/aromatic N) is 2. The van der Waals surface area contributed by atoms with Crippen LogP contribution < -0.4 is 15.2 Å². The van der Waals surface area contributed by atoms with Gasteiger partial charge in [0.2, 0.25) is 0 Å². The Labute approximate surface area is 120 Å². The van der Waals surface area contributed by atoms with Crippen molar-refractivity contribution >= 4 is 5.96 Å². The Hall–Kier alpha value is -1.91. The summed E-state index contributed by atoms with van der Waals surface area (Å²) in [5, 5.41) is 0. The largest absolute Gasteiger partial charge is 0.493 e.